The third kappa shape index (κ3) is 4.62. The zero-order chi connectivity index (χ0) is 11.1. The average molecular weight is 212 g/mol. The lowest BCUT2D eigenvalue weighted by Gasteiger charge is -2.00. The second kappa shape index (κ2) is 6.21. The summed E-state index contributed by atoms with van der Waals surface area (Å²) >= 11 is 0. The van der Waals surface area contributed by atoms with Crippen molar-refractivity contribution in [3.63, 3.8) is 0 Å². The van der Waals surface area contributed by atoms with Crippen LogP contribution in [0.15, 0.2) is 16.5 Å². The molecule has 0 aliphatic rings. The van der Waals surface area contributed by atoms with Gasteiger partial charge in [0.1, 0.15) is 18.1 Å². The highest BCUT2D eigenvalue weighted by Gasteiger charge is 2.01. The predicted molar refractivity (Wildman–Crippen MR) is 54.9 cm³/mol. The molecule has 0 aliphatic carbocycles. The van der Waals surface area contributed by atoms with Crippen LogP contribution in [0.2, 0.25) is 0 Å². The lowest BCUT2D eigenvalue weighted by atomic mass is 10.4. The second-order valence-corrected chi connectivity index (χ2v) is 3.19. The van der Waals surface area contributed by atoms with Crippen LogP contribution in [0.5, 0.6) is 0 Å². The fourth-order valence-electron chi connectivity index (χ4n) is 1.16. The summed E-state index contributed by atoms with van der Waals surface area (Å²) in [5.74, 6) is 1.32. The van der Waals surface area contributed by atoms with E-state index in [4.69, 9.17) is 14.9 Å². The van der Waals surface area contributed by atoms with Crippen molar-refractivity contribution in [2.24, 2.45) is 5.73 Å². The zero-order valence-electron chi connectivity index (χ0n) is 8.79. The highest BCUT2D eigenvalue weighted by Crippen LogP contribution is 2.08. The van der Waals surface area contributed by atoms with Crippen molar-refractivity contribution in [2.75, 3.05) is 13.7 Å². The molecule has 0 saturated carbocycles. The van der Waals surface area contributed by atoms with Crippen LogP contribution in [0, 0.1) is 0 Å². The van der Waals surface area contributed by atoms with Gasteiger partial charge in [-0.25, -0.2) is 0 Å². The third-order valence-electron chi connectivity index (χ3n) is 1.85. The predicted octanol–water partition coefficient (Wildman–Crippen LogP) is 0.391. The van der Waals surface area contributed by atoms with Gasteiger partial charge in [0.15, 0.2) is 0 Å². The number of methoxy groups -OCH3 is 1. The number of nitrogens with one attached hydrogen (secondary N) is 1. The van der Waals surface area contributed by atoms with Crippen molar-refractivity contribution in [3.05, 3.63) is 23.7 Å². The lowest BCUT2D eigenvalue weighted by Crippen LogP contribution is -2.21. The Labute approximate surface area is 88.6 Å². The summed E-state index contributed by atoms with van der Waals surface area (Å²) in [7, 11) is 1.62. The molecule has 0 fully saturated rings. The Morgan fingerprint density at radius 2 is 2.27 bits per heavy atom. The van der Waals surface area contributed by atoms with Gasteiger partial charge in [0.2, 0.25) is 5.91 Å². The maximum absolute atomic E-state index is 10.4. The third-order valence-corrected chi connectivity index (χ3v) is 1.85. The number of hydrogen-bond donors (Lipinski definition) is 2. The number of ether oxygens (including phenoxy) is 1. The van der Waals surface area contributed by atoms with Crippen molar-refractivity contribution in [2.45, 2.75) is 19.6 Å². The van der Waals surface area contributed by atoms with Gasteiger partial charge in [0.05, 0.1) is 6.54 Å². The smallest absolute Gasteiger partial charge is 0.218 e. The molecular weight excluding hydrogens is 196 g/mol. The molecule has 1 aromatic rings. The van der Waals surface area contributed by atoms with E-state index in [9.17, 15) is 4.79 Å². The van der Waals surface area contributed by atoms with Crippen molar-refractivity contribution in [3.8, 4) is 0 Å². The molecule has 0 aromatic carbocycles. The standard InChI is InChI=1S/C10H16N2O3/c1-14-7-9-3-2-8(15-9)6-12-5-4-10(11)13/h2-3,12H,4-7H2,1H3,(H2,11,13). The van der Waals surface area contributed by atoms with E-state index >= 15 is 0 Å². The van der Waals surface area contributed by atoms with E-state index in [1.807, 2.05) is 12.1 Å². The molecule has 0 bridgehead atoms. The van der Waals surface area contributed by atoms with Crippen LogP contribution in [-0.2, 0) is 22.7 Å². The van der Waals surface area contributed by atoms with E-state index in [2.05, 4.69) is 5.32 Å². The van der Waals surface area contributed by atoms with Gasteiger partial charge in [-0.3, -0.25) is 4.79 Å². The number of hydrogen-bond acceptors (Lipinski definition) is 4. The summed E-state index contributed by atoms with van der Waals surface area (Å²) in [5, 5.41) is 3.05. The fourth-order valence-corrected chi connectivity index (χ4v) is 1.16. The summed E-state index contributed by atoms with van der Waals surface area (Å²) in [6.45, 7) is 1.63. The summed E-state index contributed by atoms with van der Waals surface area (Å²) < 4.78 is 10.4. The number of amides is 1. The first-order valence-corrected chi connectivity index (χ1v) is 4.78. The van der Waals surface area contributed by atoms with E-state index in [1.165, 1.54) is 0 Å². The normalized spacial score (nSPS) is 10.5. The second-order valence-electron chi connectivity index (χ2n) is 3.19. The highest BCUT2D eigenvalue weighted by molar-refractivity contribution is 5.73. The van der Waals surface area contributed by atoms with Crippen LogP contribution in [0.4, 0.5) is 0 Å². The van der Waals surface area contributed by atoms with Gasteiger partial charge >= 0.3 is 0 Å². The minimum Gasteiger partial charge on any atom is -0.462 e. The molecule has 1 heterocycles. The maximum Gasteiger partial charge on any atom is 0.218 e. The van der Waals surface area contributed by atoms with E-state index in [0.29, 0.717) is 26.1 Å². The van der Waals surface area contributed by atoms with Gasteiger partial charge in [0, 0.05) is 20.1 Å². The lowest BCUT2D eigenvalue weighted by molar-refractivity contribution is -0.117. The molecule has 5 heteroatoms. The average Bonchev–Trinajstić information content (AvgIpc) is 2.61. The maximum atomic E-state index is 10.4. The van der Waals surface area contributed by atoms with Crippen LogP contribution < -0.4 is 11.1 Å². The molecule has 1 rings (SSSR count). The van der Waals surface area contributed by atoms with Gasteiger partial charge < -0.3 is 20.2 Å². The van der Waals surface area contributed by atoms with Crippen LogP contribution in [0.3, 0.4) is 0 Å². The van der Waals surface area contributed by atoms with Gasteiger partial charge in [-0.1, -0.05) is 0 Å². The number of carbonyl (C=O) groups excluding carboxylic acids is 1. The fraction of sp³-hybridized carbons (Fsp3) is 0.500. The molecule has 1 aromatic heterocycles. The van der Waals surface area contributed by atoms with Crippen molar-refractivity contribution >= 4 is 5.91 Å². The van der Waals surface area contributed by atoms with Crippen molar-refractivity contribution < 1.29 is 13.9 Å². The minimum atomic E-state index is -0.304. The molecule has 1 amide bonds. The SMILES string of the molecule is COCc1ccc(CNCCC(N)=O)o1. The first-order valence-electron chi connectivity index (χ1n) is 4.78. The summed E-state index contributed by atoms with van der Waals surface area (Å²) in [6.07, 6.45) is 0.339. The van der Waals surface area contributed by atoms with Crippen LogP contribution in [0.25, 0.3) is 0 Å². The van der Waals surface area contributed by atoms with Gasteiger partial charge in [-0.05, 0) is 12.1 Å². The van der Waals surface area contributed by atoms with Crippen LogP contribution in [-0.4, -0.2) is 19.6 Å². The largest absolute Gasteiger partial charge is 0.462 e. The molecular formula is C10H16N2O3. The van der Waals surface area contributed by atoms with Gasteiger partial charge in [-0.2, -0.15) is 0 Å². The first-order chi connectivity index (χ1) is 7.22. The highest BCUT2D eigenvalue weighted by atomic mass is 16.5. The number of carbonyl (C=O) groups is 1. The molecule has 0 spiro atoms. The van der Waals surface area contributed by atoms with Crippen LogP contribution >= 0.6 is 0 Å². The Balaban J connectivity index is 2.22. The Morgan fingerprint density at radius 1 is 1.53 bits per heavy atom. The summed E-state index contributed by atoms with van der Waals surface area (Å²) in [4.78, 5) is 10.4. The van der Waals surface area contributed by atoms with E-state index in [-0.39, 0.29) is 5.91 Å². The quantitative estimate of drug-likeness (QED) is 0.641. The monoisotopic (exact) mass is 212 g/mol. The molecule has 0 radical (unpaired) electrons. The zero-order valence-corrected chi connectivity index (χ0v) is 8.79. The molecule has 5 nitrogen and oxygen atoms in total. The number of rotatable bonds is 7. The Kier molecular flexibility index (Phi) is 4.86. The molecule has 15 heavy (non-hydrogen) atoms. The van der Waals surface area contributed by atoms with Crippen molar-refractivity contribution in [1.29, 1.82) is 0 Å². The Hall–Kier alpha value is -1.33. The van der Waals surface area contributed by atoms with Gasteiger partial charge in [-0.15, -0.1) is 0 Å². The first kappa shape index (κ1) is 11.7. The Morgan fingerprint density at radius 3 is 2.93 bits per heavy atom. The molecule has 0 unspecified atom stereocenters. The molecule has 3 N–H and O–H groups in total. The number of nitrogens with two attached hydrogens (primary N) is 1. The number of primary amides is 1. The Bertz CT molecular complexity index is 309. The van der Waals surface area contributed by atoms with E-state index in [1.54, 1.807) is 7.11 Å². The van der Waals surface area contributed by atoms with Crippen molar-refractivity contribution in [1.82, 2.24) is 5.32 Å². The molecule has 0 atom stereocenters. The molecule has 0 aliphatic heterocycles. The summed E-state index contributed by atoms with van der Waals surface area (Å²) in [5.41, 5.74) is 5.00. The van der Waals surface area contributed by atoms with E-state index < -0.39 is 0 Å². The van der Waals surface area contributed by atoms with E-state index in [0.717, 1.165) is 11.5 Å². The van der Waals surface area contributed by atoms with Crippen LogP contribution in [0.1, 0.15) is 17.9 Å². The molecule has 84 valence electrons. The van der Waals surface area contributed by atoms with Gasteiger partial charge in [0.25, 0.3) is 0 Å². The molecule has 0 saturated heterocycles. The summed E-state index contributed by atoms with van der Waals surface area (Å²) in [6, 6.07) is 3.75. The number of furan rings is 1. The minimum absolute atomic E-state index is 0.304. The topological polar surface area (TPSA) is 77.5 Å².